The Bertz CT molecular complexity index is 673. The summed E-state index contributed by atoms with van der Waals surface area (Å²) in [6.45, 7) is 0. The van der Waals surface area contributed by atoms with Crippen molar-refractivity contribution in [2.24, 2.45) is 11.7 Å². The van der Waals surface area contributed by atoms with Crippen LogP contribution in [0.15, 0.2) is 6.07 Å². The Morgan fingerprint density at radius 1 is 1.45 bits per heavy atom. The molecule has 1 saturated carbocycles. The van der Waals surface area contributed by atoms with Gasteiger partial charge in [0.05, 0.1) is 16.0 Å². The Balaban J connectivity index is 2.54. The summed E-state index contributed by atoms with van der Waals surface area (Å²) in [7, 11) is 0. The molecule has 22 heavy (non-hydrogen) atoms. The van der Waals surface area contributed by atoms with E-state index in [-0.39, 0.29) is 5.92 Å². The topological polar surface area (TPSA) is 156 Å². The molecule has 1 aliphatic rings. The normalized spacial score (nSPS) is 15.1. The molecule has 0 aliphatic heterocycles. The van der Waals surface area contributed by atoms with Crippen LogP contribution in [0.3, 0.4) is 0 Å². The summed E-state index contributed by atoms with van der Waals surface area (Å²) in [6, 6.07) is -1.20. The molecule has 0 spiro atoms. The van der Waals surface area contributed by atoms with Gasteiger partial charge in [0, 0.05) is 6.07 Å². The first kappa shape index (κ1) is 15.8. The number of carbonyl (C=O) groups is 2. The second-order valence-corrected chi connectivity index (χ2v) is 5.30. The van der Waals surface area contributed by atoms with E-state index in [4.69, 9.17) is 17.3 Å². The lowest BCUT2D eigenvalue weighted by atomic mass is 9.98. The number of benzene rings is 1. The first-order valence-electron chi connectivity index (χ1n) is 6.23. The molecule has 1 aromatic carbocycles. The second kappa shape index (κ2) is 5.68. The van der Waals surface area contributed by atoms with Crippen LogP contribution >= 0.6 is 11.6 Å². The van der Waals surface area contributed by atoms with Crippen molar-refractivity contribution in [1.82, 2.24) is 5.32 Å². The summed E-state index contributed by atoms with van der Waals surface area (Å²) in [5.41, 5.74) is 3.42. The van der Waals surface area contributed by atoms with Crippen molar-refractivity contribution in [3.8, 4) is 11.5 Å². The van der Waals surface area contributed by atoms with E-state index in [0.717, 1.165) is 6.07 Å². The molecule has 1 unspecified atom stereocenters. The smallest absolute Gasteiger partial charge is 0.326 e. The minimum absolute atomic E-state index is 0.202. The molecule has 1 fully saturated rings. The quantitative estimate of drug-likeness (QED) is 0.276. The van der Waals surface area contributed by atoms with E-state index in [1.807, 2.05) is 0 Å². The zero-order valence-corrected chi connectivity index (χ0v) is 11.8. The van der Waals surface area contributed by atoms with Crippen LogP contribution in [-0.4, -0.2) is 33.0 Å². The highest BCUT2D eigenvalue weighted by molar-refractivity contribution is 6.35. The number of Topliss-reactive ketones (excluding diaryl/α,β-unsaturated/α-hetero) is 1. The van der Waals surface area contributed by atoms with Crippen LogP contribution in [0.2, 0.25) is 5.02 Å². The molecule has 5 N–H and O–H groups in total. The number of ketones is 1. The fourth-order valence-corrected chi connectivity index (χ4v) is 2.45. The van der Waals surface area contributed by atoms with Gasteiger partial charge in [-0.25, -0.2) is 4.79 Å². The van der Waals surface area contributed by atoms with Gasteiger partial charge in [-0.15, -0.1) is 0 Å². The molecule has 1 aromatic rings. The Labute approximate surface area is 128 Å². The third kappa shape index (κ3) is 2.89. The number of nitrogens with one attached hydrogen (secondary N) is 1. The van der Waals surface area contributed by atoms with Gasteiger partial charge in [0.15, 0.2) is 11.5 Å². The molecule has 2 amide bonds. The van der Waals surface area contributed by atoms with Gasteiger partial charge >= 0.3 is 11.7 Å². The SMILES string of the molecule is NC(=O)NC(C(=O)c1c(Cl)cc(O)c(O)c1[N+](=O)[O-])C1CC1. The van der Waals surface area contributed by atoms with Gasteiger partial charge in [-0.3, -0.25) is 14.9 Å². The fourth-order valence-electron chi connectivity index (χ4n) is 2.16. The van der Waals surface area contributed by atoms with E-state index in [9.17, 15) is 29.9 Å². The zero-order valence-electron chi connectivity index (χ0n) is 11.1. The first-order valence-corrected chi connectivity index (χ1v) is 6.60. The number of nitro benzene ring substituents is 1. The number of halogens is 1. The number of phenolic OH excluding ortho intramolecular Hbond substituents is 2. The highest BCUT2D eigenvalue weighted by Gasteiger charge is 2.41. The highest BCUT2D eigenvalue weighted by atomic mass is 35.5. The van der Waals surface area contributed by atoms with Crippen molar-refractivity contribution < 1.29 is 24.7 Å². The highest BCUT2D eigenvalue weighted by Crippen LogP contribution is 2.44. The molecule has 1 atom stereocenters. The lowest BCUT2D eigenvalue weighted by Gasteiger charge is -2.17. The van der Waals surface area contributed by atoms with E-state index in [2.05, 4.69) is 5.32 Å². The minimum Gasteiger partial charge on any atom is -0.504 e. The van der Waals surface area contributed by atoms with Crippen molar-refractivity contribution in [2.45, 2.75) is 18.9 Å². The monoisotopic (exact) mass is 329 g/mol. The van der Waals surface area contributed by atoms with Crippen molar-refractivity contribution in [3.63, 3.8) is 0 Å². The first-order chi connectivity index (χ1) is 10.2. The molecular weight excluding hydrogens is 318 g/mol. The van der Waals surface area contributed by atoms with E-state index in [1.54, 1.807) is 0 Å². The van der Waals surface area contributed by atoms with Crippen LogP contribution in [0.5, 0.6) is 11.5 Å². The maximum Gasteiger partial charge on any atom is 0.326 e. The molecule has 0 aromatic heterocycles. The maximum atomic E-state index is 12.5. The van der Waals surface area contributed by atoms with Crippen molar-refractivity contribution in [3.05, 3.63) is 26.8 Å². The third-order valence-electron chi connectivity index (χ3n) is 3.31. The van der Waals surface area contributed by atoms with Crippen LogP contribution in [0.1, 0.15) is 23.2 Å². The van der Waals surface area contributed by atoms with Gasteiger partial charge in [0.1, 0.15) is 5.56 Å². The van der Waals surface area contributed by atoms with Gasteiger partial charge < -0.3 is 21.3 Å². The molecule has 1 aliphatic carbocycles. The molecular formula is C12H12ClN3O6. The van der Waals surface area contributed by atoms with E-state index >= 15 is 0 Å². The standard InChI is InChI=1S/C12H12ClN3O6/c13-5-3-6(17)10(18)9(16(21)22)7(5)11(19)8(4-1-2-4)15-12(14)20/h3-4,8,17-18H,1-2H2,(H3,14,15,20). The Kier molecular flexibility index (Phi) is 4.09. The molecule has 0 heterocycles. The fraction of sp³-hybridized carbons (Fsp3) is 0.333. The van der Waals surface area contributed by atoms with Crippen molar-refractivity contribution >= 4 is 29.1 Å². The van der Waals surface area contributed by atoms with E-state index in [0.29, 0.717) is 12.8 Å². The van der Waals surface area contributed by atoms with Crippen LogP contribution in [-0.2, 0) is 0 Å². The van der Waals surface area contributed by atoms with Gasteiger partial charge in [-0.05, 0) is 18.8 Å². The van der Waals surface area contributed by atoms with Gasteiger partial charge in [-0.1, -0.05) is 11.6 Å². The number of aromatic hydroxyl groups is 2. The molecule has 10 heteroatoms. The number of primary amides is 1. The third-order valence-corrected chi connectivity index (χ3v) is 3.61. The molecule has 9 nitrogen and oxygen atoms in total. The average Bonchev–Trinajstić information content (AvgIpc) is 3.22. The maximum absolute atomic E-state index is 12.5. The largest absolute Gasteiger partial charge is 0.504 e. The average molecular weight is 330 g/mol. The number of nitrogens with two attached hydrogens (primary N) is 1. The van der Waals surface area contributed by atoms with E-state index in [1.165, 1.54) is 0 Å². The van der Waals surface area contributed by atoms with Gasteiger partial charge in [0.2, 0.25) is 5.75 Å². The summed E-state index contributed by atoms with van der Waals surface area (Å²) < 4.78 is 0. The number of amides is 2. The minimum atomic E-state index is -1.07. The van der Waals surface area contributed by atoms with E-state index < -0.39 is 50.6 Å². The molecule has 0 saturated heterocycles. The lowest BCUT2D eigenvalue weighted by Crippen LogP contribution is -2.45. The Morgan fingerprint density at radius 3 is 2.50 bits per heavy atom. The number of urea groups is 1. The number of hydrogen-bond donors (Lipinski definition) is 4. The Morgan fingerprint density at radius 2 is 2.05 bits per heavy atom. The summed E-state index contributed by atoms with van der Waals surface area (Å²) in [5, 5.41) is 32.0. The summed E-state index contributed by atoms with van der Waals surface area (Å²) in [4.78, 5) is 33.6. The summed E-state index contributed by atoms with van der Waals surface area (Å²) >= 11 is 5.81. The number of nitro groups is 1. The van der Waals surface area contributed by atoms with Gasteiger partial charge in [-0.2, -0.15) is 0 Å². The van der Waals surface area contributed by atoms with Crippen LogP contribution in [0.25, 0.3) is 0 Å². The second-order valence-electron chi connectivity index (χ2n) is 4.89. The van der Waals surface area contributed by atoms with Crippen LogP contribution in [0, 0.1) is 16.0 Å². The number of nitrogens with zero attached hydrogens (tertiary/aromatic N) is 1. The number of carbonyl (C=O) groups excluding carboxylic acids is 2. The van der Waals surface area contributed by atoms with Gasteiger partial charge in [0.25, 0.3) is 0 Å². The number of rotatable bonds is 5. The number of hydrogen-bond acceptors (Lipinski definition) is 6. The molecule has 118 valence electrons. The Hall–Kier alpha value is -2.55. The van der Waals surface area contributed by atoms with Crippen molar-refractivity contribution in [2.75, 3.05) is 0 Å². The molecule has 2 rings (SSSR count). The summed E-state index contributed by atoms with van der Waals surface area (Å²) in [5.74, 6) is -2.93. The predicted octanol–water partition coefficient (Wildman–Crippen LogP) is 1.29. The van der Waals surface area contributed by atoms with Crippen LogP contribution < -0.4 is 11.1 Å². The van der Waals surface area contributed by atoms with Crippen molar-refractivity contribution in [1.29, 1.82) is 0 Å². The summed E-state index contributed by atoms with van der Waals surface area (Å²) in [6.07, 6.45) is 1.29. The molecule has 0 radical (unpaired) electrons. The molecule has 0 bridgehead atoms. The van der Waals surface area contributed by atoms with Crippen LogP contribution in [0.4, 0.5) is 10.5 Å². The number of phenols is 2. The lowest BCUT2D eigenvalue weighted by molar-refractivity contribution is -0.386. The predicted molar refractivity (Wildman–Crippen MR) is 75.0 cm³/mol. The zero-order chi connectivity index (χ0) is 16.6.